The molecule has 0 unspecified atom stereocenters. The molecule has 98 valence electrons. The van der Waals surface area contributed by atoms with Gasteiger partial charge >= 0.3 is 0 Å². The Kier molecular flexibility index (Phi) is 10.5. The van der Waals surface area contributed by atoms with Crippen molar-refractivity contribution >= 4 is 5.91 Å². The second kappa shape index (κ2) is 11.6. The Morgan fingerprint density at radius 2 is 1.94 bits per heavy atom. The van der Waals surface area contributed by atoms with Gasteiger partial charge in [0.25, 0.3) is 0 Å². The van der Waals surface area contributed by atoms with E-state index in [1.807, 2.05) is 38.2 Å². The summed E-state index contributed by atoms with van der Waals surface area (Å²) in [6.07, 6.45) is 17.8. The summed E-state index contributed by atoms with van der Waals surface area (Å²) in [5.74, 6) is 0.0353. The summed E-state index contributed by atoms with van der Waals surface area (Å²) in [5, 5.41) is 2.79. The van der Waals surface area contributed by atoms with Crippen LogP contribution in [0.1, 0.15) is 33.1 Å². The molecule has 0 spiro atoms. The molecule has 0 aromatic rings. The van der Waals surface area contributed by atoms with Crippen molar-refractivity contribution in [1.82, 2.24) is 5.32 Å². The number of amides is 1. The summed E-state index contributed by atoms with van der Waals surface area (Å²) in [4.78, 5) is 11.5. The molecule has 1 amide bonds. The Balaban J connectivity index is 3.74. The first-order chi connectivity index (χ1) is 8.70. The summed E-state index contributed by atoms with van der Waals surface area (Å²) in [6.45, 7) is 7.43. The number of carbonyl (C=O) groups is 1. The molecule has 0 aromatic heterocycles. The fraction of sp³-hybridized carbons (Fsp3) is 0.312. The average Bonchev–Trinajstić information content (AvgIpc) is 2.32. The van der Waals surface area contributed by atoms with Crippen LogP contribution in [0.2, 0.25) is 0 Å². The molecule has 1 N–H and O–H groups in total. The molecule has 0 saturated heterocycles. The van der Waals surface area contributed by atoms with Crippen molar-refractivity contribution in [2.75, 3.05) is 0 Å². The second-order valence-electron chi connectivity index (χ2n) is 3.83. The van der Waals surface area contributed by atoms with E-state index in [-0.39, 0.29) is 5.91 Å². The lowest BCUT2D eigenvalue weighted by Crippen LogP contribution is -2.20. The molecule has 0 saturated carbocycles. The zero-order valence-electron chi connectivity index (χ0n) is 11.4. The van der Waals surface area contributed by atoms with Gasteiger partial charge < -0.3 is 5.32 Å². The predicted octanol–water partition coefficient (Wildman–Crippen LogP) is 4.05. The molecule has 0 heterocycles. The highest BCUT2D eigenvalue weighted by molar-refractivity contribution is 5.77. The van der Waals surface area contributed by atoms with Crippen LogP contribution in [-0.2, 0) is 4.79 Å². The van der Waals surface area contributed by atoms with Crippen molar-refractivity contribution in [1.29, 1.82) is 0 Å². The zero-order chi connectivity index (χ0) is 13.6. The fourth-order valence-electron chi connectivity index (χ4n) is 1.26. The van der Waals surface area contributed by atoms with Crippen molar-refractivity contribution in [2.24, 2.45) is 0 Å². The van der Waals surface area contributed by atoms with Gasteiger partial charge in [-0.15, -0.1) is 0 Å². The first-order valence-electron chi connectivity index (χ1n) is 6.22. The Labute approximate surface area is 110 Å². The van der Waals surface area contributed by atoms with E-state index in [4.69, 9.17) is 0 Å². The van der Waals surface area contributed by atoms with Crippen molar-refractivity contribution in [3.05, 3.63) is 60.9 Å². The molecule has 0 atom stereocenters. The standard InChI is InChI=1S/C16H23NO/c1-4-6-7-8-9-10-11-12-14-16(18)17-15(3)13-5-2/h4-6,8-11,13H,2,7,12,14H2,1,3H3,(H,17,18)/b6-4-,9-8?,11-10+,15-13+. The quantitative estimate of drug-likeness (QED) is 0.507. The van der Waals surface area contributed by atoms with Crippen LogP contribution in [0.3, 0.4) is 0 Å². The van der Waals surface area contributed by atoms with Gasteiger partial charge in [-0.1, -0.05) is 49.1 Å². The highest BCUT2D eigenvalue weighted by Crippen LogP contribution is 1.95. The van der Waals surface area contributed by atoms with Crippen LogP contribution in [0.4, 0.5) is 0 Å². The van der Waals surface area contributed by atoms with Crippen molar-refractivity contribution < 1.29 is 4.79 Å². The molecule has 0 fully saturated rings. The van der Waals surface area contributed by atoms with Crippen molar-refractivity contribution in [3.8, 4) is 0 Å². The van der Waals surface area contributed by atoms with Gasteiger partial charge in [-0.3, -0.25) is 4.79 Å². The van der Waals surface area contributed by atoms with E-state index in [0.717, 1.165) is 18.5 Å². The van der Waals surface area contributed by atoms with Gasteiger partial charge in [-0.05, 0) is 32.8 Å². The summed E-state index contributed by atoms with van der Waals surface area (Å²) in [6, 6.07) is 0. The van der Waals surface area contributed by atoms with E-state index >= 15 is 0 Å². The normalized spacial score (nSPS) is 12.7. The smallest absolute Gasteiger partial charge is 0.224 e. The molecule has 18 heavy (non-hydrogen) atoms. The molecule has 0 rings (SSSR count). The number of hydrogen-bond donors (Lipinski definition) is 1. The lowest BCUT2D eigenvalue weighted by atomic mass is 10.2. The van der Waals surface area contributed by atoms with Gasteiger partial charge in [0, 0.05) is 12.1 Å². The molecule has 0 aliphatic heterocycles. The first-order valence-corrected chi connectivity index (χ1v) is 6.22. The maximum Gasteiger partial charge on any atom is 0.224 e. The lowest BCUT2D eigenvalue weighted by molar-refractivity contribution is -0.120. The van der Waals surface area contributed by atoms with Crippen LogP contribution in [0.15, 0.2) is 60.9 Å². The van der Waals surface area contributed by atoms with Gasteiger partial charge in [0.1, 0.15) is 0 Å². The van der Waals surface area contributed by atoms with Gasteiger partial charge in [-0.25, -0.2) is 0 Å². The van der Waals surface area contributed by atoms with Crippen LogP contribution in [0.5, 0.6) is 0 Å². The summed E-state index contributed by atoms with van der Waals surface area (Å²) < 4.78 is 0. The first kappa shape index (κ1) is 16.2. The summed E-state index contributed by atoms with van der Waals surface area (Å²) in [5.41, 5.74) is 0.824. The third-order valence-corrected chi connectivity index (χ3v) is 2.13. The van der Waals surface area contributed by atoms with Gasteiger partial charge in [-0.2, -0.15) is 0 Å². The van der Waals surface area contributed by atoms with E-state index in [2.05, 4.69) is 24.0 Å². The molecule has 0 aliphatic rings. The molecule has 2 heteroatoms. The SMILES string of the molecule is C=C/C=C(\C)NC(=O)CC/C=C/C=CC/C=C\C. The third kappa shape index (κ3) is 10.7. The van der Waals surface area contributed by atoms with Crippen LogP contribution in [0.25, 0.3) is 0 Å². The minimum absolute atomic E-state index is 0.0353. The largest absolute Gasteiger partial charge is 0.330 e. The molecule has 0 bridgehead atoms. The van der Waals surface area contributed by atoms with E-state index in [1.54, 1.807) is 12.2 Å². The number of hydrogen-bond acceptors (Lipinski definition) is 1. The number of nitrogens with one attached hydrogen (secondary N) is 1. The van der Waals surface area contributed by atoms with Crippen LogP contribution >= 0.6 is 0 Å². The molecular weight excluding hydrogens is 222 g/mol. The van der Waals surface area contributed by atoms with Gasteiger partial charge in [0.05, 0.1) is 0 Å². The maximum absolute atomic E-state index is 11.5. The predicted molar refractivity (Wildman–Crippen MR) is 79.0 cm³/mol. The van der Waals surface area contributed by atoms with Crippen molar-refractivity contribution in [3.63, 3.8) is 0 Å². The summed E-state index contributed by atoms with van der Waals surface area (Å²) in [7, 11) is 0. The average molecular weight is 245 g/mol. The number of allylic oxidation sites excluding steroid dienone is 9. The fourth-order valence-corrected chi connectivity index (χ4v) is 1.26. The highest BCUT2D eigenvalue weighted by atomic mass is 16.1. The second-order valence-corrected chi connectivity index (χ2v) is 3.83. The Bertz CT molecular complexity index is 359. The maximum atomic E-state index is 11.5. The molecule has 0 aromatic carbocycles. The Morgan fingerprint density at radius 3 is 2.61 bits per heavy atom. The van der Waals surface area contributed by atoms with Gasteiger partial charge in [0.2, 0.25) is 5.91 Å². The van der Waals surface area contributed by atoms with Crippen LogP contribution in [0, 0.1) is 0 Å². The zero-order valence-corrected chi connectivity index (χ0v) is 11.4. The summed E-state index contributed by atoms with van der Waals surface area (Å²) >= 11 is 0. The van der Waals surface area contributed by atoms with Crippen LogP contribution < -0.4 is 5.32 Å². The topological polar surface area (TPSA) is 29.1 Å². The van der Waals surface area contributed by atoms with E-state index in [9.17, 15) is 4.79 Å². The monoisotopic (exact) mass is 245 g/mol. The Morgan fingerprint density at radius 1 is 1.22 bits per heavy atom. The van der Waals surface area contributed by atoms with E-state index in [1.165, 1.54) is 0 Å². The Hall–Kier alpha value is -1.83. The van der Waals surface area contributed by atoms with Crippen LogP contribution in [-0.4, -0.2) is 5.91 Å². The molecule has 0 aliphatic carbocycles. The number of rotatable bonds is 8. The van der Waals surface area contributed by atoms with Gasteiger partial charge in [0.15, 0.2) is 0 Å². The third-order valence-electron chi connectivity index (χ3n) is 2.13. The molecular formula is C16H23NO. The number of carbonyl (C=O) groups excluding carboxylic acids is 1. The lowest BCUT2D eigenvalue weighted by Gasteiger charge is -2.02. The molecule has 2 nitrogen and oxygen atoms in total. The molecule has 0 radical (unpaired) electrons. The van der Waals surface area contributed by atoms with E-state index < -0.39 is 0 Å². The van der Waals surface area contributed by atoms with Crippen molar-refractivity contribution in [2.45, 2.75) is 33.1 Å². The van der Waals surface area contributed by atoms with E-state index in [0.29, 0.717) is 6.42 Å². The minimum atomic E-state index is 0.0353. The minimum Gasteiger partial charge on any atom is -0.330 e. The highest BCUT2D eigenvalue weighted by Gasteiger charge is 1.98.